The molecule has 21 heavy (non-hydrogen) atoms. The lowest BCUT2D eigenvalue weighted by molar-refractivity contribution is -0.0884. The summed E-state index contributed by atoms with van der Waals surface area (Å²) in [5.41, 5.74) is 0.259. The second-order valence-electron chi connectivity index (χ2n) is 6.06. The average Bonchev–Trinajstić information content (AvgIpc) is 2.46. The molecule has 1 aliphatic heterocycles. The fraction of sp³-hybridized carbons (Fsp3) is 0.647. The van der Waals surface area contributed by atoms with Gasteiger partial charge in [0.05, 0.1) is 5.60 Å². The molecule has 118 valence electrons. The van der Waals surface area contributed by atoms with Gasteiger partial charge in [0.1, 0.15) is 11.6 Å². The molecule has 1 aromatic carbocycles. The number of rotatable bonds is 6. The molecule has 2 atom stereocenters. The lowest BCUT2D eigenvalue weighted by Crippen LogP contribution is -2.53. The Hall–Kier alpha value is -1.00. The van der Waals surface area contributed by atoms with E-state index in [2.05, 4.69) is 19.2 Å². The number of halogens is 2. The van der Waals surface area contributed by atoms with Crippen molar-refractivity contribution < 1.29 is 13.5 Å². The molecule has 2 rings (SSSR count). The van der Waals surface area contributed by atoms with Gasteiger partial charge in [-0.3, -0.25) is 0 Å². The Bertz CT molecular complexity index is 458. The van der Waals surface area contributed by atoms with Gasteiger partial charge in [-0.15, -0.1) is 0 Å². The number of hydrogen-bond acceptors (Lipinski definition) is 2. The third kappa shape index (κ3) is 4.24. The minimum Gasteiger partial charge on any atom is -0.374 e. The van der Waals surface area contributed by atoms with Crippen molar-refractivity contribution in [3.63, 3.8) is 0 Å². The Morgan fingerprint density at radius 2 is 2.14 bits per heavy atom. The van der Waals surface area contributed by atoms with Crippen LogP contribution >= 0.6 is 0 Å². The SMILES string of the molecule is CCCNC(Cc1ccc(F)cc1F)C1(C)CCCCO1. The van der Waals surface area contributed by atoms with E-state index < -0.39 is 11.6 Å². The molecule has 0 saturated carbocycles. The number of benzene rings is 1. The van der Waals surface area contributed by atoms with Crippen LogP contribution in [0.4, 0.5) is 8.78 Å². The van der Waals surface area contributed by atoms with Crippen LogP contribution in [0, 0.1) is 11.6 Å². The van der Waals surface area contributed by atoms with E-state index in [4.69, 9.17) is 4.74 Å². The molecule has 1 heterocycles. The summed E-state index contributed by atoms with van der Waals surface area (Å²) in [5, 5.41) is 3.48. The first kappa shape index (κ1) is 16.4. The monoisotopic (exact) mass is 297 g/mol. The quantitative estimate of drug-likeness (QED) is 0.861. The maximum Gasteiger partial charge on any atom is 0.129 e. The van der Waals surface area contributed by atoms with Gasteiger partial charge in [-0.1, -0.05) is 13.0 Å². The Kier molecular flexibility index (Phi) is 5.71. The molecule has 0 aliphatic carbocycles. The Morgan fingerprint density at radius 3 is 2.76 bits per heavy atom. The summed E-state index contributed by atoms with van der Waals surface area (Å²) in [7, 11) is 0. The Morgan fingerprint density at radius 1 is 1.33 bits per heavy atom. The summed E-state index contributed by atoms with van der Waals surface area (Å²) in [4.78, 5) is 0. The van der Waals surface area contributed by atoms with Gasteiger partial charge in [0.25, 0.3) is 0 Å². The second kappa shape index (κ2) is 7.32. The molecular weight excluding hydrogens is 272 g/mol. The van der Waals surface area contributed by atoms with Crippen molar-refractivity contribution in [1.29, 1.82) is 0 Å². The van der Waals surface area contributed by atoms with Gasteiger partial charge >= 0.3 is 0 Å². The summed E-state index contributed by atoms with van der Waals surface area (Å²) >= 11 is 0. The van der Waals surface area contributed by atoms with Gasteiger partial charge in [-0.2, -0.15) is 0 Å². The van der Waals surface area contributed by atoms with E-state index in [9.17, 15) is 8.78 Å². The Balaban J connectivity index is 2.15. The molecule has 1 N–H and O–H groups in total. The molecule has 4 heteroatoms. The standard InChI is InChI=1S/C17H25F2NO/c1-3-9-20-16(17(2)8-4-5-10-21-17)11-13-6-7-14(18)12-15(13)19/h6-7,12,16,20H,3-5,8-11H2,1-2H3. The van der Waals surface area contributed by atoms with Crippen molar-refractivity contribution in [3.8, 4) is 0 Å². The van der Waals surface area contributed by atoms with Crippen molar-refractivity contribution in [1.82, 2.24) is 5.32 Å². The highest BCUT2D eigenvalue weighted by Crippen LogP contribution is 2.30. The van der Waals surface area contributed by atoms with Gasteiger partial charge in [0.2, 0.25) is 0 Å². The van der Waals surface area contributed by atoms with E-state index >= 15 is 0 Å². The highest BCUT2D eigenvalue weighted by molar-refractivity contribution is 5.20. The molecule has 0 bridgehead atoms. The van der Waals surface area contributed by atoms with Crippen LogP contribution < -0.4 is 5.32 Å². The number of hydrogen-bond donors (Lipinski definition) is 1. The molecular formula is C17H25F2NO. The van der Waals surface area contributed by atoms with E-state index in [0.717, 1.165) is 44.9 Å². The summed E-state index contributed by atoms with van der Waals surface area (Å²) in [6.07, 6.45) is 4.71. The topological polar surface area (TPSA) is 21.3 Å². The zero-order valence-electron chi connectivity index (χ0n) is 12.9. The third-order valence-corrected chi connectivity index (χ3v) is 4.32. The van der Waals surface area contributed by atoms with E-state index in [1.807, 2.05) is 0 Å². The lowest BCUT2D eigenvalue weighted by atomic mass is 9.84. The van der Waals surface area contributed by atoms with Crippen LogP contribution in [0.15, 0.2) is 18.2 Å². The molecule has 0 aromatic heterocycles. The summed E-state index contributed by atoms with van der Waals surface area (Å²) < 4.78 is 33.0. The summed E-state index contributed by atoms with van der Waals surface area (Å²) in [5.74, 6) is -1.01. The first-order valence-electron chi connectivity index (χ1n) is 7.86. The Labute approximate surface area is 125 Å². The maximum atomic E-state index is 13.9. The predicted octanol–water partition coefficient (Wildman–Crippen LogP) is 3.83. The zero-order chi connectivity index (χ0) is 15.3. The molecule has 1 saturated heterocycles. The smallest absolute Gasteiger partial charge is 0.129 e. The molecule has 1 fully saturated rings. The molecule has 2 unspecified atom stereocenters. The molecule has 0 amide bonds. The van der Waals surface area contributed by atoms with Crippen LogP contribution in [-0.4, -0.2) is 24.8 Å². The first-order valence-corrected chi connectivity index (χ1v) is 7.86. The van der Waals surface area contributed by atoms with Crippen molar-refractivity contribution in [2.45, 2.75) is 57.6 Å². The minimum atomic E-state index is -0.533. The van der Waals surface area contributed by atoms with Gasteiger partial charge < -0.3 is 10.1 Å². The zero-order valence-corrected chi connectivity index (χ0v) is 12.9. The van der Waals surface area contributed by atoms with Crippen molar-refractivity contribution in [3.05, 3.63) is 35.4 Å². The van der Waals surface area contributed by atoms with Crippen molar-refractivity contribution in [2.75, 3.05) is 13.2 Å². The molecule has 2 nitrogen and oxygen atoms in total. The summed E-state index contributed by atoms with van der Waals surface area (Å²) in [6, 6.07) is 3.85. The number of nitrogens with one attached hydrogen (secondary N) is 1. The third-order valence-electron chi connectivity index (χ3n) is 4.32. The minimum absolute atomic E-state index is 0.0395. The molecule has 1 aromatic rings. The van der Waals surface area contributed by atoms with Crippen LogP contribution in [0.3, 0.4) is 0 Å². The fourth-order valence-corrected chi connectivity index (χ4v) is 2.96. The highest BCUT2D eigenvalue weighted by atomic mass is 19.1. The van der Waals surface area contributed by atoms with E-state index in [1.54, 1.807) is 0 Å². The van der Waals surface area contributed by atoms with Crippen LogP contribution in [0.1, 0.15) is 45.1 Å². The second-order valence-corrected chi connectivity index (χ2v) is 6.06. The lowest BCUT2D eigenvalue weighted by Gasteiger charge is -2.41. The van der Waals surface area contributed by atoms with Gasteiger partial charge in [0.15, 0.2) is 0 Å². The van der Waals surface area contributed by atoms with E-state index in [1.165, 1.54) is 12.1 Å². The van der Waals surface area contributed by atoms with Crippen LogP contribution in [0.2, 0.25) is 0 Å². The summed E-state index contributed by atoms with van der Waals surface area (Å²) in [6.45, 7) is 5.83. The first-order chi connectivity index (χ1) is 10.0. The van der Waals surface area contributed by atoms with Crippen LogP contribution in [0.5, 0.6) is 0 Å². The fourth-order valence-electron chi connectivity index (χ4n) is 2.96. The van der Waals surface area contributed by atoms with E-state index in [-0.39, 0.29) is 11.6 Å². The number of ether oxygens (including phenoxy) is 1. The van der Waals surface area contributed by atoms with E-state index in [0.29, 0.717) is 12.0 Å². The largest absolute Gasteiger partial charge is 0.374 e. The molecule has 0 radical (unpaired) electrons. The van der Waals surface area contributed by atoms with Gasteiger partial charge in [-0.05, 0) is 57.2 Å². The predicted molar refractivity (Wildman–Crippen MR) is 80.4 cm³/mol. The van der Waals surface area contributed by atoms with Crippen molar-refractivity contribution >= 4 is 0 Å². The molecule has 1 aliphatic rings. The highest BCUT2D eigenvalue weighted by Gasteiger charge is 2.36. The van der Waals surface area contributed by atoms with Crippen LogP contribution in [-0.2, 0) is 11.2 Å². The molecule has 0 spiro atoms. The normalized spacial score (nSPS) is 24.0. The van der Waals surface area contributed by atoms with Crippen molar-refractivity contribution in [2.24, 2.45) is 0 Å². The van der Waals surface area contributed by atoms with Gasteiger partial charge in [-0.25, -0.2) is 8.78 Å². The van der Waals surface area contributed by atoms with Gasteiger partial charge in [0, 0.05) is 18.7 Å². The maximum absolute atomic E-state index is 13.9. The van der Waals surface area contributed by atoms with Crippen LogP contribution in [0.25, 0.3) is 0 Å². The average molecular weight is 297 g/mol.